The summed E-state index contributed by atoms with van der Waals surface area (Å²) in [7, 11) is 0. The van der Waals surface area contributed by atoms with Gasteiger partial charge in [-0.15, -0.1) is 10.1 Å². The van der Waals surface area contributed by atoms with Crippen LogP contribution in [0.15, 0.2) is 0 Å². The van der Waals surface area contributed by atoms with Crippen molar-refractivity contribution in [3.05, 3.63) is 10.1 Å². The highest BCUT2D eigenvalue weighted by molar-refractivity contribution is 4.52. The van der Waals surface area contributed by atoms with Crippen molar-refractivity contribution >= 4 is 0 Å². The number of rotatable bonds is 10. The number of unbranched alkanes of at least 4 members (excludes halogenated alkanes) is 1. The van der Waals surface area contributed by atoms with E-state index < -0.39 is 11.2 Å². The minimum atomic E-state index is -0.894. The summed E-state index contributed by atoms with van der Waals surface area (Å²) in [5.41, 5.74) is 0. The smallest absolute Gasteiger partial charge is 0.294 e. The minimum absolute atomic E-state index is 0.128. The van der Waals surface area contributed by atoms with Crippen LogP contribution in [-0.4, -0.2) is 47.8 Å². The molecule has 0 aromatic rings. The van der Waals surface area contributed by atoms with Crippen LogP contribution in [0.2, 0.25) is 0 Å². The fourth-order valence-electron chi connectivity index (χ4n) is 0.882. The SMILES string of the molecule is O=[N+]([O-])OCCC(O)COCCCCO. The molecule has 0 bridgehead atoms. The summed E-state index contributed by atoms with van der Waals surface area (Å²) in [5.74, 6) is 0. The molecule has 1 atom stereocenters. The van der Waals surface area contributed by atoms with E-state index in [4.69, 9.17) is 9.84 Å². The average molecular weight is 223 g/mol. The number of hydrogen-bond acceptors (Lipinski definition) is 6. The molecule has 0 aliphatic rings. The standard InChI is InChI=1S/C8H17NO6/c10-4-1-2-5-14-7-8(11)3-6-15-9(12)13/h8,10-11H,1-7H2. The van der Waals surface area contributed by atoms with E-state index in [0.29, 0.717) is 13.0 Å². The van der Waals surface area contributed by atoms with Crippen LogP contribution in [0.5, 0.6) is 0 Å². The highest BCUT2D eigenvalue weighted by Crippen LogP contribution is 1.96. The monoisotopic (exact) mass is 223 g/mol. The third-order valence-electron chi connectivity index (χ3n) is 1.65. The van der Waals surface area contributed by atoms with E-state index in [9.17, 15) is 15.2 Å². The molecule has 90 valence electrons. The number of aliphatic hydroxyl groups is 2. The zero-order chi connectivity index (χ0) is 11.5. The number of aliphatic hydroxyl groups excluding tert-OH is 2. The first-order valence-electron chi connectivity index (χ1n) is 4.80. The van der Waals surface area contributed by atoms with Crippen molar-refractivity contribution in [3.8, 4) is 0 Å². The molecule has 15 heavy (non-hydrogen) atoms. The predicted octanol–water partition coefficient (Wildman–Crippen LogP) is -0.265. The molecular formula is C8H17NO6. The Hall–Kier alpha value is -0.920. The Labute approximate surface area is 87.7 Å². The van der Waals surface area contributed by atoms with E-state index >= 15 is 0 Å². The third kappa shape index (κ3) is 11.0. The van der Waals surface area contributed by atoms with Gasteiger partial charge in [0.2, 0.25) is 0 Å². The van der Waals surface area contributed by atoms with Gasteiger partial charge in [0.25, 0.3) is 5.09 Å². The summed E-state index contributed by atoms with van der Waals surface area (Å²) in [4.78, 5) is 13.8. The Morgan fingerprint density at radius 1 is 1.33 bits per heavy atom. The molecule has 0 saturated heterocycles. The largest absolute Gasteiger partial charge is 0.396 e. The van der Waals surface area contributed by atoms with E-state index in [-0.39, 0.29) is 26.2 Å². The van der Waals surface area contributed by atoms with Crippen molar-refractivity contribution in [1.82, 2.24) is 0 Å². The molecule has 7 heteroatoms. The Morgan fingerprint density at radius 3 is 2.67 bits per heavy atom. The predicted molar refractivity (Wildman–Crippen MR) is 50.7 cm³/mol. The molecule has 2 N–H and O–H groups in total. The van der Waals surface area contributed by atoms with Crippen molar-refractivity contribution in [2.45, 2.75) is 25.4 Å². The van der Waals surface area contributed by atoms with Crippen molar-refractivity contribution < 1.29 is 24.9 Å². The Kier molecular flexibility index (Phi) is 9.04. The molecule has 0 amide bonds. The first-order valence-corrected chi connectivity index (χ1v) is 4.80. The van der Waals surface area contributed by atoms with E-state index in [2.05, 4.69) is 4.84 Å². The van der Waals surface area contributed by atoms with Crippen LogP contribution in [0.1, 0.15) is 19.3 Å². The first-order chi connectivity index (χ1) is 7.16. The second-order valence-corrected chi connectivity index (χ2v) is 3.00. The van der Waals surface area contributed by atoms with E-state index in [1.165, 1.54) is 0 Å². The fraction of sp³-hybridized carbons (Fsp3) is 1.00. The van der Waals surface area contributed by atoms with Crippen molar-refractivity contribution in [2.75, 3.05) is 26.4 Å². The van der Waals surface area contributed by atoms with Crippen LogP contribution in [0.25, 0.3) is 0 Å². The van der Waals surface area contributed by atoms with Crippen LogP contribution in [0.4, 0.5) is 0 Å². The summed E-state index contributed by atoms with van der Waals surface area (Å²) >= 11 is 0. The van der Waals surface area contributed by atoms with Crippen LogP contribution in [-0.2, 0) is 9.57 Å². The van der Waals surface area contributed by atoms with Crippen LogP contribution in [0, 0.1) is 10.1 Å². The van der Waals surface area contributed by atoms with Crippen LogP contribution >= 0.6 is 0 Å². The van der Waals surface area contributed by atoms with Gasteiger partial charge in [-0.25, -0.2) is 0 Å². The summed E-state index contributed by atoms with van der Waals surface area (Å²) in [6.45, 7) is 0.594. The van der Waals surface area contributed by atoms with E-state index in [1.807, 2.05) is 0 Å². The normalized spacial score (nSPS) is 12.4. The van der Waals surface area contributed by atoms with Crippen LogP contribution in [0.3, 0.4) is 0 Å². The van der Waals surface area contributed by atoms with E-state index in [1.54, 1.807) is 0 Å². The van der Waals surface area contributed by atoms with Gasteiger partial charge in [-0.3, -0.25) is 0 Å². The maximum Gasteiger partial charge on any atom is 0.294 e. The van der Waals surface area contributed by atoms with Gasteiger partial charge in [-0.05, 0) is 19.3 Å². The molecule has 0 aromatic carbocycles. The zero-order valence-electron chi connectivity index (χ0n) is 8.50. The lowest BCUT2D eigenvalue weighted by molar-refractivity contribution is -0.758. The molecule has 0 radical (unpaired) electrons. The number of nitrogens with zero attached hydrogens (tertiary/aromatic N) is 1. The van der Waals surface area contributed by atoms with Crippen molar-refractivity contribution in [3.63, 3.8) is 0 Å². The Morgan fingerprint density at radius 2 is 2.07 bits per heavy atom. The average Bonchev–Trinajstić information content (AvgIpc) is 2.17. The van der Waals surface area contributed by atoms with Crippen molar-refractivity contribution in [2.24, 2.45) is 0 Å². The lowest BCUT2D eigenvalue weighted by Gasteiger charge is -2.10. The van der Waals surface area contributed by atoms with Gasteiger partial charge in [-0.1, -0.05) is 0 Å². The Bertz CT molecular complexity index is 165. The van der Waals surface area contributed by atoms with E-state index in [0.717, 1.165) is 6.42 Å². The quantitative estimate of drug-likeness (QED) is 0.300. The summed E-state index contributed by atoms with van der Waals surface area (Å²) in [5, 5.41) is 26.6. The van der Waals surface area contributed by atoms with Gasteiger partial charge in [0.15, 0.2) is 0 Å². The molecule has 0 aromatic heterocycles. The maximum absolute atomic E-state index is 9.76. The summed E-state index contributed by atoms with van der Waals surface area (Å²) < 4.78 is 5.07. The molecular weight excluding hydrogens is 206 g/mol. The molecule has 1 unspecified atom stereocenters. The highest BCUT2D eigenvalue weighted by Gasteiger charge is 2.05. The number of ether oxygens (including phenoxy) is 1. The molecule has 0 aliphatic carbocycles. The lowest BCUT2D eigenvalue weighted by Crippen LogP contribution is -2.19. The van der Waals surface area contributed by atoms with Gasteiger partial charge in [0.05, 0.1) is 19.3 Å². The summed E-state index contributed by atoms with van der Waals surface area (Å²) in [6.07, 6.45) is 0.815. The molecule has 0 spiro atoms. The maximum atomic E-state index is 9.76. The van der Waals surface area contributed by atoms with Gasteiger partial charge in [0.1, 0.15) is 0 Å². The molecule has 0 heterocycles. The lowest BCUT2D eigenvalue weighted by atomic mass is 10.3. The Balaban J connectivity index is 3.18. The third-order valence-corrected chi connectivity index (χ3v) is 1.65. The number of hydrogen-bond donors (Lipinski definition) is 2. The van der Waals surface area contributed by atoms with Gasteiger partial charge in [0, 0.05) is 13.2 Å². The van der Waals surface area contributed by atoms with Gasteiger partial charge >= 0.3 is 0 Å². The topological polar surface area (TPSA) is 102 Å². The zero-order valence-corrected chi connectivity index (χ0v) is 8.50. The highest BCUT2D eigenvalue weighted by atomic mass is 16.9. The summed E-state index contributed by atoms with van der Waals surface area (Å²) in [6, 6.07) is 0. The second kappa shape index (κ2) is 9.63. The second-order valence-electron chi connectivity index (χ2n) is 3.00. The molecule has 0 aliphatic heterocycles. The molecule has 0 rings (SSSR count). The fourth-order valence-corrected chi connectivity index (χ4v) is 0.882. The first kappa shape index (κ1) is 14.1. The molecule has 0 fully saturated rings. The van der Waals surface area contributed by atoms with Crippen molar-refractivity contribution in [1.29, 1.82) is 0 Å². The minimum Gasteiger partial charge on any atom is -0.396 e. The molecule has 0 saturated carbocycles. The van der Waals surface area contributed by atoms with Gasteiger partial charge < -0.3 is 19.8 Å². The molecule has 7 nitrogen and oxygen atoms in total. The van der Waals surface area contributed by atoms with Crippen LogP contribution < -0.4 is 0 Å². The van der Waals surface area contributed by atoms with Gasteiger partial charge in [-0.2, -0.15) is 0 Å².